The van der Waals surface area contributed by atoms with Gasteiger partial charge in [0.25, 0.3) is 0 Å². The highest BCUT2D eigenvalue weighted by Crippen LogP contribution is 2.23. The summed E-state index contributed by atoms with van der Waals surface area (Å²) < 4.78 is 5.75. The van der Waals surface area contributed by atoms with Crippen LogP contribution in [0.1, 0.15) is 11.1 Å². The largest absolute Gasteiger partial charge is 0.439 e. The molecule has 126 valence electrons. The molecule has 0 unspecified atom stereocenters. The highest BCUT2D eigenvalue weighted by atomic mass is 32.2. The summed E-state index contributed by atoms with van der Waals surface area (Å²) in [4.78, 5) is 18.3. The van der Waals surface area contributed by atoms with Gasteiger partial charge in [-0.25, -0.2) is 9.78 Å². The maximum Gasteiger partial charge on any atom is 0.321 e. The molecule has 0 radical (unpaired) electrons. The summed E-state index contributed by atoms with van der Waals surface area (Å²) >= 11 is 1.88. The number of ether oxygens (including phenoxy) is 1. The van der Waals surface area contributed by atoms with Crippen LogP contribution in [0.2, 0.25) is 0 Å². The molecule has 0 saturated carbocycles. The molecule has 0 atom stereocenters. The Kier molecular flexibility index (Phi) is 5.25. The Balaban J connectivity index is 1.60. The van der Waals surface area contributed by atoms with Gasteiger partial charge in [0, 0.05) is 30.7 Å². The van der Waals surface area contributed by atoms with Gasteiger partial charge in [-0.2, -0.15) is 11.8 Å². The van der Waals surface area contributed by atoms with E-state index in [9.17, 15) is 4.79 Å². The maximum atomic E-state index is 12.2. The second kappa shape index (κ2) is 7.57. The van der Waals surface area contributed by atoms with Gasteiger partial charge in [-0.1, -0.05) is 6.07 Å². The fraction of sp³-hybridized carbons (Fsp3) is 0.333. The minimum Gasteiger partial charge on any atom is -0.439 e. The molecule has 5 nitrogen and oxygen atoms in total. The molecule has 1 aliphatic heterocycles. The minimum absolute atomic E-state index is 0.0695. The van der Waals surface area contributed by atoms with Crippen LogP contribution in [0, 0.1) is 13.8 Å². The number of carbonyl (C=O) groups excluding carboxylic acids is 1. The van der Waals surface area contributed by atoms with Crippen molar-refractivity contribution in [2.24, 2.45) is 0 Å². The van der Waals surface area contributed by atoms with Crippen LogP contribution in [0.5, 0.6) is 11.6 Å². The molecule has 24 heavy (non-hydrogen) atoms. The Labute approximate surface area is 146 Å². The Morgan fingerprint density at radius 1 is 1.17 bits per heavy atom. The molecule has 1 aromatic heterocycles. The van der Waals surface area contributed by atoms with Crippen LogP contribution in [-0.4, -0.2) is 40.5 Å². The predicted octanol–water partition coefficient (Wildman–Crippen LogP) is 4.07. The number of nitrogens with zero attached hydrogens (tertiary/aromatic N) is 2. The summed E-state index contributed by atoms with van der Waals surface area (Å²) in [5.74, 6) is 3.25. The third-order valence-electron chi connectivity index (χ3n) is 3.99. The van der Waals surface area contributed by atoms with Crippen molar-refractivity contribution < 1.29 is 9.53 Å². The number of anilines is 1. The van der Waals surface area contributed by atoms with Gasteiger partial charge in [0.1, 0.15) is 5.75 Å². The van der Waals surface area contributed by atoms with Crippen molar-refractivity contribution in [1.82, 2.24) is 9.88 Å². The number of amides is 2. The standard InChI is InChI=1S/C18H21N3O2S/c1-13-3-5-16(11-14(13)2)23-17-6-4-15(12-19-17)20-18(22)21-7-9-24-10-8-21/h3-6,11-12H,7-10H2,1-2H3,(H,20,22). The Morgan fingerprint density at radius 2 is 1.96 bits per heavy atom. The van der Waals surface area contributed by atoms with Gasteiger partial charge in [-0.15, -0.1) is 0 Å². The van der Waals surface area contributed by atoms with Gasteiger partial charge < -0.3 is 15.0 Å². The van der Waals surface area contributed by atoms with E-state index in [2.05, 4.69) is 17.2 Å². The van der Waals surface area contributed by atoms with E-state index in [4.69, 9.17) is 4.74 Å². The first-order valence-corrected chi connectivity index (χ1v) is 9.12. The van der Waals surface area contributed by atoms with Crippen LogP contribution in [0.3, 0.4) is 0 Å². The van der Waals surface area contributed by atoms with Crippen molar-refractivity contribution in [2.45, 2.75) is 13.8 Å². The molecule has 1 saturated heterocycles. The van der Waals surface area contributed by atoms with Crippen molar-refractivity contribution in [2.75, 3.05) is 29.9 Å². The Hall–Kier alpha value is -2.21. The molecule has 2 aromatic rings. The van der Waals surface area contributed by atoms with Crippen molar-refractivity contribution in [1.29, 1.82) is 0 Å². The number of benzene rings is 1. The summed E-state index contributed by atoms with van der Waals surface area (Å²) in [6, 6.07) is 9.43. The minimum atomic E-state index is -0.0695. The Morgan fingerprint density at radius 3 is 2.62 bits per heavy atom. The average molecular weight is 343 g/mol. The number of aromatic nitrogens is 1. The van der Waals surface area contributed by atoms with Gasteiger partial charge in [-0.3, -0.25) is 0 Å². The molecule has 0 bridgehead atoms. The van der Waals surface area contributed by atoms with E-state index < -0.39 is 0 Å². The smallest absolute Gasteiger partial charge is 0.321 e. The molecule has 1 aromatic carbocycles. The van der Waals surface area contributed by atoms with Gasteiger partial charge in [0.05, 0.1) is 11.9 Å². The molecular weight excluding hydrogens is 322 g/mol. The number of pyridine rings is 1. The van der Waals surface area contributed by atoms with Crippen molar-refractivity contribution >= 4 is 23.5 Å². The molecule has 0 spiro atoms. The zero-order valence-corrected chi connectivity index (χ0v) is 14.7. The molecule has 3 rings (SSSR count). The summed E-state index contributed by atoms with van der Waals surface area (Å²) in [6.45, 7) is 5.69. The fourth-order valence-electron chi connectivity index (χ4n) is 2.38. The first-order chi connectivity index (χ1) is 11.6. The summed E-state index contributed by atoms with van der Waals surface area (Å²) in [5, 5.41) is 2.88. The number of hydrogen-bond donors (Lipinski definition) is 1. The van der Waals surface area contributed by atoms with Crippen LogP contribution in [0.4, 0.5) is 10.5 Å². The summed E-state index contributed by atoms with van der Waals surface area (Å²) in [7, 11) is 0. The molecule has 1 N–H and O–H groups in total. The number of hydrogen-bond acceptors (Lipinski definition) is 4. The topological polar surface area (TPSA) is 54.5 Å². The second-order valence-corrected chi connectivity index (χ2v) is 6.99. The first kappa shape index (κ1) is 16.6. The average Bonchev–Trinajstić information content (AvgIpc) is 2.61. The molecule has 0 aliphatic carbocycles. The number of aryl methyl sites for hydroxylation is 2. The van der Waals surface area contributed by atoms with Crippen LogP contribution >= 0.6 is 11.8 Å². The summed E-state index contributed by atoms with van der Waals surface area (Å²) in [5.41, 5.74) is 3.08. The van der Waals surface area contributed by atoms with E-state index in [0.717, 1.165) is 30.3 Å². The van der Waals surface area contributed by atoms with E-state index in [0.29, 0.717) is 11.6 Å². The lowest BCUT2D eigenvalue weighted by molar-refractivity contribution is 0.217. The van der Waals surface area contributed by atoms with Crippen molar-refractivity contribution in [3.05, 3.63) is 47.7 Å². The number of thioether (sulfide) groups is 1. The first-order valence-electron chi connectivity index (χ1n) is 7.96. The zero-order valence-electron chi connectivity index (χ0n) is 13.9. The van der Waals surface area contributed by atoms with Gasteiger partial charge in [0.2, 0.25) is 5.88 Å². The summed E-state index contributed by atoms with van der Waals surface area (Å²) in [6.07, 6.45) is 1.62. The SMILES string of the molecule is Cc1ccc(Oc2ccc(NC(=O)N3CCSCC3)cn2)cc1C. The normalized spacial score (nSPS) is 14.3. The van der Waals surface area contributed by atoms with E-state index in [1.165, 1.54) is 11.1 Å². The van der Waals surface area contributed by atoms with Crippen LogP contribution in [0.25, 0.3) is 0 Å². The number of urea groups is 1. The fourth-order valence-corrected chi connectivity index (χ4v) is 3.28. The van der Waals surface area contributed by atoms with Crippen molar-refractivity contribution in [3.8, 4) is 11.6 Å². The molecule has 2 amide bonds. The number of rotatable bonds is 3. The quantitative estimate of drug-likeness (QED) is 0.913. The molecular formula is C18H21N3O2S. The van der Waals surface area contributed by atoms with Crippen molar-refractivity contribution in [3.63, 3.8) is 0 Å². The van der Waals surface area contributed by atoms with E-state index in [1.807, 2.05) is 41.8 Å². The number of carbonyl (C=O) groups is 1. The van der Waals surface area contributed by atoms with E-state index in [-0.39, 0.29) is 6.03 Å². The van der Waals surface area contributed by atoms with Crippen LogP contribution < -0.4 is 10.1 Å². The second-order valence-electron chi connectivity index (χ2n) is 5.76. The predicted molar refractivity (Wildman–Crippen MR) is 98.1 cm³/mol. The highest BCUT2D eigenvalue weighted by Gasteiger charge is 2.16. The third-order valence-corrected chi connectivity index (χ3v) is 4.93. The number of nitrogens with one attached hydrogen (secondary N) is 1. The molecule has 1 fully saturated rings. The zero-order chi connectivity index (χ0) is 16.9. The molecule has 1 aliphatic rings. The van der Waals surface area contributed by atoms with E-state index in [1.54, 1.807) is 18.3 Å². The van der Waals surface area contributed by atoms with Gasteiger partial charge in [0.15, 0.2) is 0 Å². The lowest BCUT2D eigenvalue weighted by Gasteiger charge is -2.26. The van der Waals surface area contributed by atoms with E-state index >= 15 is 0 Å². The van der Waals surface area contributed by atoms with Gasteiger partial charge >= 0.3 is 6.03 Å². The highest BCUT2D eigenvalue weighted by molar-refractivity contribution is 7.99. The molecule has 2 heterocycles. The Bertz CT molecular complexity index is 713. The lowest BCUT2D eigenvalue weighted by Crippen LogP contribution is -2.40. The lowest BCUT2D eigenvalue weighted by atomic mass is 10.1. The molecule has 6 heteroatoms. The van der Waals surface area contributed by atoms with Gasteiger partial charge in [-0.05, 0) is 43.2 Å². The van der Waals surface area contributed by atoms with Crippen LogP contribution in [-0.2, 0) is 0 Å². The maximum absolute atomic E-state index is 12.2. The third kappa shape index (κ3) is 4.20. The monoisotopic (exact) mass is 343 g/mol. The van der Waals surface area contributed by atoms with Crippen LogP contribution in [0.15, 0.2) is 36.5 Å².